The molecule has 10 heavy (non-hydrogen) atoms. The molecule has 0 atom stereocenters. The van der Waals surface area contributed by atoms with E-state index in [1.54, 1.807) is 0 Å². The van der Waals surface area contributed by atoms with E-state index in [2.05, 4.69) is 6.58 Å². The van der Waals surface area contributed by atoms with Gasteiger partial charge in [0.25, 0.3) is 11.8 Å². The first-order valence-corrected chi connectivity index (χ1v) is 2.63. The molecule has 0 spiro atoms. The lowest BCUT2D eigenvalue weighted by Crippen LogP contribution is -2.23. The van der Waals surface area contributed by atoms with Crippen LogP contribution in [0.3, 0.4) is 0 Å². The van der Waals surface area contributed by atoms with Crippen molar-refractivity contribution >= 4 is 11.8 Å². The zero-order chi connectivity index (χ0) is 7.72. The van der Waals surface area contributed by atoms with Crippen molar-refractivity contribution in [2.45, 2.75) is 0 Å². The van der Waals surface area contributed by atoms with Gasteiger partial charge in [-0.3, -0.25) is 14.9 Å². The molecular formula is C6H6N2O2. The molecule has 3 N–H and O–H groups in total. The molecule has 0 aromatic heterocycles. The van der Waals surface area contributed by atoms with Crippen molar-refractivity contribution in [1.82, 2.24) is 5.32 Å². The van der Waals surface area contributed by atoms with Gasteiger partial charge < -0.3 is 5.73 Å². The summed E-state index contributed by atoms with van der Waals surface area (Å²) in [4.78, 5) is 21.1. The van der Waals surface area contributed by atoms with Crippen molar-refractivity contribution in [2.75, 3.05) is 0 Å². The minimum absolute atomic E-state index is 0.114. The van der Waals surface area contributed by atoms with Gasteiger partial charge in [-0.05, 0) is 0 Å². The van der Waals surface area contributed by atoms with Crippen molar-refractivity contribution in [3.05, 3.63) is 23.9 Å². The van der Waals surface area contributed by atoms with Gasteiger partial charge in [-0.1, -0.05) is 6.58 Å². The Morgan fingerprint density at radius 1 is 1.60 bits per heavy atom. The summed E-state index contributed by atoms with van der Waals surface area (Å²) in [7, 11) is 0. The van der Waals surface area contributed by atoms with E-state index in [0.29, 0.717) is 0 Å². The Hall–Kier alpha value is -1.58. The molecule has 1 aliphatic rings. The summed E-state index contributed by atoms with van der Waals surface area (Å²) in [6, 6.07) is 0. The van der Waals surface area contributed by atoms with Crippen LogP contribution in [-0.2, 0) is 9.59 Å². The molecule has 0 aliphatic carbocycles. The fourth-order valence-electron chi connectivity index (χ4n) is 0.650. The molecular weight excluding hydrogens is 132 g/mol. The van der Waals surface area contributed by atoms with E-state index in [4.69, 9.17) is 5.73 Å². The summed E-state index contributed by atoms with van der Waals surface area (Å²) in [5.74, 6) is -0.913. The number of hydrogen-bond donors (Lipinski definition) is 2. The van der Waals surface area contributed by atoms with E-state index >= 15 is 0 Å². The highest BCUT2D eigenvalue weighted by Crippen LogP contribution is 2.06. The molecule has 0 fully saturated rings. The Balaban J connectivity index is 2.96. The third-order valence-electron chi connectivity index (χ3n) is 1.10. The number of amides is 2. The van der Waals surface area contributed by atoms with Gasteiger partial charge in [0, 0.05) is 11.8 Å². The highest BCUT2D eigenvalue weighted by molar-refractivity contribution is 6.18. The number of rotatable bonds is 1. The van der Waals surface area contributed by atoms with Gasteiger partial charge in [-0.2, -0.15) is 0 Å². The fraction of sp³-hybridized carbons (Fsp3) is 0. The van der Waals surface area contributed by atoms with Gasteiger partial charge in [0.2, 0.25) is 0 Å². The Morgan fingerprint density at radius 2 is 2.20 bits per heavy atom. The van der Waals surface area contributed by atoms with E-state index in [-0.39, 0.29) is 11.3 Å². The van der Waals surface area contributed by atoms with E-state index in [1.807, 2.05) is 5.32 Å². The van der Waals surface area contributed by atoms with Crippen LogP contribution >= 0.6 is 0 Å². The molecule has 1 heterocycles. The van der Waals surface area contributed by atoms with Gasteiger partial charge in [0.15, 0.2) is 0 Å². The van der Waals surface area contributed by atoms with Crippen molar-refractivity contribution < 1.29 is 9.59 Å². The summed E-state index contributed by atoms with van der Waals surface area (Å²) in [6.45, 7) is 3.32. The molecule has 52 valence electrons. The maximum atomic E-state index is 10.7. The Labute approximate surface area is 57.4 Å². The van der Waals surface area contributed by atoms with Gasteiger partial charge in [0.05, 0.1) is 5.57 Å². The van der Waals surface area contributed by atoms with Gasteiger partial charge in [-0.15, -0.1) is 0 Å². The predicted octanol–water partition coefficient (Wildman–Crippen LogP) is -0.958. The van der Waals surface area contributed by atoms with Crippen LogP contribution < -0.4 is 11.1 Å². The number of carbonyl (C=O) groups excluding carboxylic acids is 2. The SMILES string of the molecule is C=C(N)C1=CC(=O)NC1=O. The van der Waals surface area contributed by atoms with Crippen LogP contribution in [0.5, 0.6) is 0 Å². The molecule has 0 saturated heterocycles. The quantitative estimate of drug-likeness (QED) is 0.458. The Bertz CT molecular complexity index is 252. The molecule has 4 heteroatoms. The summed E-state index contributed by atoms with van der Waals surface area (Å²) in [6.07, 6.45) is 1.13. The highest BCUT2D eigenvalue weighted by Gasteiger charge is 2.20. The second kappa shape index (κ2) is 1.98. The zero-order valence-electron chi connectivity index (χ0n) is 5.18. The summed E-state index contributed by atoms with van der Waals surface area (Å²) in [5.41, 5.74) is 5.45. The molecule has 1 aliphatic heterocycles. The van der Waals surface area contributed by atoms with Crippen LogP contribution in [0.1, 0.15) is 0 Å². The van der Waals surface area contributed by atoms with Crippen LogP contribution in [-0.4, -0.2) is 11.8 Å². The average molecular weight is 138 g/mol. The van der Waals surface area contributed by atoms with Gasteiger partial charge in [-0.25, -0.2) is 0 Å². The third-order valence-corrected chi connectivity index (χ3v) is 1.10. The lowest BCUT2D eigenvalue weighted by Gasteiger charge is -1.94. The second-order valence-corrected chi connectivity index (χ2v) is 1.90. The number of imide groups is 1. The zero-order valence-corrected chi connectivity index (χ0v) is 5.18. The van der Waals surface area contributed by atoms with Crippen LogP contribution in [0.15, 0.2) is 23.9 Å². The Morgan fingerprint density at radius 3 is 2.40 bits per heavy atom. The normalized spacial score (nSPS) is 16.6. The van der Waals surface area contributed by atoms with E-state index in [9.17, 15) is 9.59 Å². The number of carbonyl (C=O) groups is 2. The largest absolute Gasteiger partial charge is 0.399 e. The van der Waals surface area contributed by atoms with Crippen LogP contribution in [0.25, 0.3) is 0 Å². The first kappa shape index (κ1) is 6.54. The smallest absolute Gasteiger partial charge is 0.260 e. The number of hydrogen-bond acceptors (Lipinski definition) is 3. The molecule has 1 rings (SSSR count). The molecule has 0 aromatic carbocycles. The monoisotopic (exact) mass is 138 g/mol. The number of nitrogens with two attached hydrogens (primary N) is 1. The minimum Gasteiger partial charge on any atom is -0.399 e. The minimum atomic E-state index is -0.475. The van der Waals surface area contributed by atoms with Crippen molar-refractivity contribution in [1.29, 1.82) is 0 Å². The van der Waals surface area contributed by atoms with E-state index < -0.39 is 11.8 Å². The first-order valence-electron chi connectivity index (χ1n) is 2.63. The van der Waals surface area contributed by atoms with Crippen LogP contribution in [0.4, 0.5) is 0 Å². The van der Waals surface area contributed by atoms with E-state index in [0.717, 1.165) is 6.08 Å². The van der Waals surface area contributed by atoms with Gasteiger partial charge in [0.1, 0.15) is 0 Å². The van der Waals surface area contributed by atoms with Gasteiger partial charge >= 0.3 is 0 Å². The van der Waals surface area contributed by atoms with Crippen LogP contribution in [0.2, 0.25) is 0 Å². The number of nitrogens with one attached hydrogen (secondary N) is 1. The lowest BCUT2D eigenvalue weighted by molar-refractivity contribution is -0.123. The second-order valence-electron chi connectivity index (χ2n) is 1.90. The third kappa shape index (κ3) is 0.907. The highest BCUT2D eigenvalue weighted by atomic mass is 16.2. The summed E-state index contributed by atoms with van der Waals surface area (Å²) in [5, 5.41) is 2.04. The van der Waals surface area contributed by atoms with Crippen molar-refractivity contribution in [3.63, 3.8) is 0 Å². The topological polar surface area (TPSA) is 72.2 Å². The van der Waals surface area contributed by atoms with Crippen LogP contribution in [0, 0.1) is 0 Å². The molecule has 2 amide bonds. The molecule has 0 saturated carbocycles. The maximum Gasteiger partial charge on any atom is 0.260 e. The predicted molar refractivity (Wildman–Crippen MR) is 34.6 cm³/mol. The molecule has 4 nitrogen and oxygen atoms in total. The average Bonchev–Trinajstić information content (AvgIpc) is 2.10. The fourth-order valence-corrected chi connectivity index (χ4v) is 0.650. The molecule has 0 unspecified atom stereocenters. The summed E-state index contributed by atoms with van der Waals surface area (Å²) >= 11 is 0. The van der Waals surface area contributed by atoms with Crippen molar-refractivity contribution in [3.8, 4) is 0 Å². The van der Waals surface area contributed by atoms with Crippen molar-refractivity contribution in [2.24, 2.45) is 5.73 Å². The lowest BCUT2D eigenvalue weighted by atomic mass is 10.2. The molecule has 0 bridgehead atoms. The first-order chi connectivity index (χ1) is 4.61. The van der Waals surface area contributed by atoms with E-state index in [1.165, 1.54) is 0 Å². The summed E-state index contributed by atoms with van der Waals surface area (Å²) < 4.78 is 0. The molecule has 0 aromatic rings. The maximum absolute atomic E-state index is 10.7. The molecule has 0 radical (unpaired) electrons. The standard InChI is InChI=1S/C6H6N2O2/c1-3(7)4-2-5(9)8-6(4)10/h2H,1,7H2,(H,8,9,10). The Kier molecular flexibility index (Phi) is 1.30.